The second-order valence-corrected chi connectivity index (χ2v) is 14.0. The van der Waals surface area contributed by atoms with E-state index in [1.54, 1.807) is 44.0 Å². The van der Waals surface area contributed by atoms with Crippen LogP contribution in [0.1, 0.15) is 69.5 Å². The molecule has 11 nitrogen and oxygen atoms in total. The quantitative estimate of drug-likeness (QED) is 0.371. The lowest BCUT2D eigenvalue weighted by Crippen LogP contribution is -2.36. The highest BCUT2D eigenvalue weighted by molar-refractivity contribution is 7.90. The van der Waals surface area contributed by atoms with E-state index in [0.29, 0.717) is 18.5 Å². The molecule has 0 radical (unpaired) electrons. The van der Waals surface area contributed by atoms with Crippen LogP contribution in [0.3, 0.4) is 0 Å². The van der Waals surface area contributed by atoms with Gasteiger partial charge in [-0.05, 0) is 101 Å². The van der Waals surface area contributed by atoms with Gasteiger partial charge in [-0.15, -0.1) is 0 Å². The number of hydrogen-bond acceptors (Lipinski definition) is 9. The summed E-state index contributed by atoms with van der Waals surface area (Å²) in [5.41, 5.74) is 1.25. The van der Waals surface area contributed by atoms with Crippen molar-refractivity contribution in [2.75, 3.05) is 18.9 Å². The molecule has 230 valence electrons. The number of carbonyl (C=O) groups excluding carboxylic acids is 1. The molecule has 0 spiro atoms. The molecule has 1 saturated carbocycles. The first-order valence-corrected chi connectivity index (χ1v) is 15.8. The summed E-state index contributed by atoms with van der Waals surface area (Å²) < 4.78 is 48.3. The van der Waals surface area contributed by atoms with Crippen LogP contribution in [0, 0.1) is 11.7 Å². The lowest BCUT2D eigenvalue weighted by molar-refractivity contribution is 0.0570. The highest BCUT2D eigenvalue weighted by atomic mass is 32.2. The third kappa shape index (κ3) is 7.39. The lowest BCUT2D eigenvalue weighted by Gasteiger charge is -2.35. The standard InChI is InChI=1S/C30H37FN6O5S/c1-30(2,3)42-29(39)35-43(40,41)23-8-9-25(24(31)14-23)34-28-32-15-22(16-33-28)21-12-19(13-21)17-37-18-20(7-10-27(37)38)26-6-5-11-36(26)4/h7-10,14-16,18-19,21,26H,5-6,11-13,17H2,1-4H3,(H,35,39)(H,32,33,34). The minimum atomic E-state index is -4.34. The summed E-state index contributed by atoms with van der Waals surface area (Å²) in [4.78, 5) is 34.9. The fraction of sp³-hybridized carbons (Fsp3) is 0.467. The Morgan fingerprint density at radius 1 is 1.12 bits per heavy atom. The Labute approximate surface area is 250 Å². The van der Waals surface area contributed by atoms with Crippen molar-refractivity contribution in [3.63, 3.8) is 0 Å². The molecule has 2 aromatic heterocycles. The predicted molar refractivity (Wildman–Crippen MR) is 159 cm³/mol. The number of aromatic nitrogens is 3. The van der Waals surface area contributed by atoms with E-state index in [-0.39, 0.29) is 23.1 Å². The molecule has 1 aliphatic carbocycles. The second kappa shape index (κ2) is 12.0. The number of ether oxygens (including phenoxy) is 1. The SMILES string of the molecule is CN1CCCC1c1ccc(=O)n(CC2CC(c3cnc(Nc4ccc(S(=O)(=O)NC(=O)OC(C)(C)C)cc4F)nc3)C2)c1. The van der Waals surface area contributed by atoms with E-state index < -0.39 is 32.4 Å². The van der Waals surface area contributed by atoms with Crippen LogP contribution in [0.5, 0.6) is 0 Å². The topological polar surface area (TPSA) is 136 Å². The molecule has 1 unspecified atom stereocenters. The van der Waals surface area contributed by atoms with E-state index in [4.69, 9.17) is 4.74 Å². The maximum Gasteiger partial charge on any atom is 0.421 e. The number of anilines is 2. The molecule has 1 aliphatic heterocycles. The molecule has 3 heterocycles. The van der Waals surface area contributed by atoms with Crippen LogP contribution in [0.25, 0.3) is 0 Å². The number of pyridine rings is 1. The molecule has 43 heavy (non-hydrogen) atoms. The van der Waals surface area contributed by atoms with Crippen molar-refractivity contribution in [2.24, 2.45) is 5.92 Å². The molecule has 1 saturated heterocycles. The number of rotatable bonds is 8. The number of carbonyl (C=O) groups is 1. The molecule has 5 rings (SSSR count). The van der Waals surface area contributed by atoms with Crippen molar-refractivity contribution in [1.29, 1.82) is 0 Å². The molecule has 2 fully saturated rings. The van der Waals surface area contributed by atoms with Gasteiger partial charge in [-0.2, -0.15) is 0 Å². The van der Waals surface area contributed by atoms with Crippen LogP contribution in [-0.4, -0.2) is 53.1 Å². The van der Waals surface area contributed by atoms with Crippen LogP contribution in [0.4, 0.5) is 20.8 Å². The molecule has 2 N–H and O–H groups in total. The van der Waals surface area contributed by atoms with Crippen molar-refractivity contribution < 1.29 is 22.3 Å². The number of sulfonamides is 1. The summed E-state index contributed by atoms with van der Waals surface area (Å²) in [6.45, 7) is 6.54. The van der Waals surface area contributed by atoms with Crippen molar-refractivity contribution in [3.05, 3.63) is 76.2 Å². The molecule has 3 aromatic rings. The van der Waals surface area contributed by atoms with Gasteiger partial charge >= 0.3 is 6.09 Å². The Hall–Kier alpha value is -3.84. The summed E-state index contributed by atoms with van der Waals surface area (Å²) in [5, 5.41) is 2.76. The Morgan fingerprint density at radius 3 is 2.47 bits per heavy atom. The number of likely N-dealkylation sites (tertiary alicyclic amines) is 1. The fourth-order valence-corrected chi connectivity index (χ4v) is 6.51. The first-order chi connectivity index (χ1) is 20.3. The minimum Gasteiger partial charge on any atom is -0.443 e. The molecule has 1 atom stereocenters. The van der Waals surface area contributed by atoms with E-state index in [0.717, 1.165) is 43.5 Å². The third-order valence-corrected chi connectivity index (χ3v) is 9.17. The van der Waals surface area contributed by atoms with Crippen LogP contribution in [0.2, 0.25) is 0 Å². The predicted octanol–water partition coefficient (Wildman–Crippen LogP) is 4.69. The van der Waals surface area contributed by atoms with Crippen LogP contribution < -0.4 is 15.6 Å². The van der Waals surface area contributed by atoms with E-state index in [1.807, 2.05) is 16.8 Å². The van der Waals surface area contributed by atoms with Gasteiger partial charge in [-0.25, -0.2) is 32.3 Å². The molecule has 13 heteroatoms. The smallest absolute Gasteiger partial charge is 0.421 e. The molecule has 1 amide bonds. The summed E-state index contributed by atoms with van der Waals surface area (Å²) in [6, 6.07) is 7.18. The maximum absolute atomic E-state index is 14.8. The lowest BCUT2D eigenvalue weighted by atomic mass is 9.72. The van der Waals surface area contributed by atoms with Crippen molar-refractivity contribution in [3.8, 4) is 0 Å². The van der Waals surface area contributed by atoms with Crippen molar-refractivity contribution in [2.45, 2.75) is 75.5 Å². The van der Waals surface area contributed by atoms with Gasteiger partial charge in [-0.1, -0.05) is 6.07 Å². The number of hydrogen-bond donors (Lipinski definition) is 2. The Bertz CT molecular complexity index is 1650. The number of amides is 1. The van der Waals surface area contributed by atoms with Crippen molar-refractivity contribution in [1.82, 2.24) is 24.2 Å². The van der Waals surface area contributed by atoms with E-state index in [2.05, 4.69) is 27.2 Å². The normalized spacial score (nSPS) is 20.8. The number of benzene rings is 1. The van der Waals surface area contributed by atoms with Gasteiger partial charge in [0.2, 0.25) is 5.95 Å². The van der Waals surface area contributed by atoms with Gasteiger partial charge < -0.3 is 14.6 Å². The van der Waals surface area contributed by atoms with Crippen LogP contribution in [0.15, 0.2) is 58.6 Å². The highest BCUT2D eigenvalue weighted by Gasteiger charge is 2.32. The van der Waals surface area contributed by atoms with Gasteiger partial charge in [-0.3, -0.25) is 9.69 Å². The van der Waals surface area contributed by atoms with Gasteiger partial charge in [0.1, 0.15) is 11.4 Å². The average molecular weight is 613 g/mol. The van der Waals surface area contributed by atoms with Crippen LogP contribution in [-0.2, 0) is 21.3 Å². The zero-order valence-corrected chi connectivity index (χ0v) is 25.5. The Morgan fingerprint density at radius 2 is 1.84 bits per heavy atom. The van der Waals surface area contributed by atoms with Gasteiger partial charge in [0.15, 0.2) is 0 Å². The largest absolute Gasteiger partial charge is 0.443 e. The minimum absolute atomic E-state index is 0.0174. The van der Waals surface area contributed by atoms with Gasteiger partial charge in [0.05, 0.1) is 10.6 Å². The molecule has 0 bridgehead atoms. The first kappa shape index (κ1) is 30.6. The van der Waals surface area contributed by atoms with E-state index >= 15 is 0 Å². The zero-order valence-electron chi connectivity index (χ0n) is 24.7. The molecule has 2 aliphatic rings. The van der Waals surface area contributed by atoms with Crippen molar-refractivity contribution >= 4 is 27.8 Å². The maximum atomic E-state index is 14.8. The van der Waals surface area contributed by atoms with Gasteiger partial charge in [0, 0.05) is 37.2 Å². The van der Waals surface area contributed by atoms with Gasteiger partial charge in [0.25, 0.3) is 15.6 Å². The summed E-state index contributed by atoms with van der Waals surface area (Å²) in [5.74, 6) is -0.0509. The fourth-order valence-electron chi connectivity index (χ4n) is 5.62. The number of nitrogens with one attached hydrogen (secondary N) is 2. The monoisotopic (exact) mass is 612 g/mol. The summed E-state index contributed by atoms with van der Waals surface area (Å²) in [6.07, 6.45) is 8.36. The molecule has 1 aromatic carbocycles. The summed E-state index contributed by atoms with van der Waals surface area (Å²) >= 11 is 0. The Balaban J connectivity index is 1.16. The molecular weight excluding hydrogens is 575 g/mol. The average Bonchev–Trinajstić information content (AvgIpc) is 3.33. The number of nitrogens with zero attached hydrogens (tertiary/aromatic N) is 4. The third-order valence-electron chi connectivity index (χ3n) is 7.86. The number of halogens is 1. The zero-order chi connectivity index (χ0) is 30.9. The molecular formula is C30H37FN6O5S. The van der Waals surface area contributed by atoms with E-state index in [1.165, 1.54) is 18.1 Å². The van der Waals surface area contributed by atoms with Crippen LogP contribution >= 0.6 is 0 Å². The summed E-state index contributed by atoms with van der Waals surface area (Å²) in [7, 11) is -2.21. The van der Waals surface area contributed by atoms with E-state index in [9.17, 15) is 22.4 Å². The highest BCUT2D eigenvalue weighted by Crippen LogP contribution is 2.42. The second-order valence-electron chi connectivity index (χ2n) is 12.3. The Kier molecular flexibility index (Phi) is 8.57. The first-order valence-electron chi connectivity index (χ1n) is 14.3.